The molecule has 0 heterocycles. The zero-order valence-corrected chi connectivity index (χ0v) is 9.39. The molecular weight excluding hydrogens is 226 g/mol. The van der Waals surface area contributed by atoms with Crippen LogP contribution in [0, 0.1) is 0 Å². The molecule has 70 valence electrons. The summed E-state index contributed by atoms with van der Waals surface area (Å²) >= 11 is 3.58. The fourth-order valence-electron chi connectivity index (χ4n) is 1.67. The number of rotatable bonds is 3. The lowest BCUT2D eigenvalue weighted by Gasteiger charge is -2.14. The number of nitrogens with one attached hydrogen (secondary N) is 1. The molecule has 0 atom stereocenters. The first-order valence-electron chi connectivity index (χ1n) is 4.68. The molecule has 0 saturated heterocycles. The minimum absolute atomic E-state index is 0.407. The average molecular weight is 240 g/mol. The smallest absolute Gasteiger partial charge is 0.0220 e. The molecule has 0 aliphatic heterocycles. The summed E-state index contributed by atoms with van der Waals surface area (Å²) in [5, 5.41) is 3.41. The van der Waals surface area contributed by atoms with E-state index in [2.05, 4.69) is 52.6 Å². The number of hydrogen-bond acceptors (Lipinski definition) is 1. The van der Waals surface area contributed by atoms with Crippen LogP contribution in [0.5, 0.6) is 0 Å². The van der Waals surface area contributed by atoms with E-state index in [9.17, 15) is 0 Å². The summed E-state index contributed by atoms with van der Waals surface area (Å²) in [5.74, 6) is 0. The Morgan fingerprint density at radius 1 is 1.38 bits per heavy atom. The Kier molecular flexibility index (Phi) is 2.43. The van der Waals surface area contributed by atoms with Gasteiger partial charge in [0, 0.05) is 10.0 Å². The highest BCUT2D eigenvalue weighted by atomic mass is 79.9. The van der Waals surface area contributed by atoms with Gasteiger partial charge in [-0.25, -0.2) is 0 Å². The van der Waals surface area contributed by atoms with Crippen LogP contribution in [0.3, 0.4) is 0 Å². The van der Waals surface area contributed by atoms with Gasteiger partial charge >= 0.3 is 0 Å². The van der Waals surface area contributed by atoms with Crippen molar-refractivity contribution in [1.29, 1.82) is 0 Å². The molecule has 13 heavy (non-hydrogen) atoms. The third-order valence-corrected chi connectivity index (χ3v) is 3.64. The first-order chi connectivity index (χ1) is 6.26. The SMILES string of the molecule is CNC1(Cc2ccccc2Br)CC1. The van der Waals surface area contributed by atoms with E-state index in [-0.39, 0.29) is 0 Å². The van der Waals surface area contributed by atoms with Gasteiger partial charge in [0.05, 0.1) is 0 Å². The van der Waals surface area contributed by atoms with Crippen LogP contribution in [0.4, 0.5) is 0 Å². The molecule has 0 spiro atoms. The predicted molar refractivity (Wildman–Crippen MR) is 58.9 cm³/mol. The molecule has 0 unspecified atom stereocenters. The third-order valence-electron chi connectivity index (χ3n) is 2.87. The van der Waals surface area contributed by atoms with Crippen molar-refractivity contribution in [2.24, 2.45) is 0 Å². The Morgan fingerprint density at radius 3 is 2.62 bits per heavy atom. The van der Waals surface area contributed by atoms with Gasteiger partial charge in [0.15, 0.2) is 0 Å². The molecular formula is C11H14BrN. The Bertz CT molecular complexity index is 305. The molecule has 1 aliphatic carbocycles. The normalized spacial score (nSPS) is 18.6. The summed E-state index contributed by atoms with van der Waals surface area (Å²) in [5.41, 5.74) is 1.82. The molecule has 0 radical (unpaired) electrons. The zero-order chi connectivity index (χ0) is 9.31. The van der Waals surface area contributed by atoms with Crippen LogP contribution in [0.2, 0.25) is 0 Å². The maximum absolute atomic E-state index is 3.58. The second-order valence-electron chi connectivity index (χ2n) is 3.80. The molecule has 1 saturated carbocycles. The van der Waals surface area contributed by atoms with Gasteiger partial charge in [0.2, 0.25) is 0 Å². The zero-order valence-electron chi connectivity index (χ0n) is 7.81. The van der Waals surface area contributed by atoms with Crippen LogP contribution in [0.1, 0.15) is 18.4 Å². The predicted octanol–water partition coefficient (Wildman–Crippen LogP) is 2.74. The summed E-state index contributed by atoms with van der Waals surface area (Å²) in [4.78, 5) is 0. The topological polar surface area (TPSA) is 12.0 Å². The maximum Gasteiger partial charge on any atom is 0.0220 e. The van der Waals surface area contributed by atoms with Crippen LogP contribution >= 0.6 is 15.9 Å². The summed E-state index contributed by atoms with van der Waals surface area (Å²) in [6.07, 6.45) is 3.76. The van der Waals surface area contributed by atoms with Crippen LogP contribution in [0.15, 0.2) is 28.7 Å². The van der Waals surface area contributed by atoms with Crippen LogP contribution in [-0.4, -0.2) is 12.6 Å². The van der Waals surface area contributed by atoms with Gasteiger partial charge < -0.3 is 5.32 Å². The third kappa shape index (κ3) is 1.94. The lowest BCUT2D eigenvalue weighted by Crippen LogP contribution is -2.29. The standard InChI is InChI=1S/C11H14BrN/c1-13-11(6-7-11)8-9-4-2-3-5-10(9)12/h2-5,13H,6-8H2,1H3. The minimum atomic E-state index is 0.407. The molecule has 1 fully saturated rings. The van der Waals surface area contributed by atoms with Crippen molar-refractivity contribution in [2.75, 3.05) is 7.05 Å². The highest BCUT2D eigenvalue weighted by molar-refractivity contribution is 9.10. The fraction of sp³-hybridized carbons (Fsp3) is 0.455. The van der Waals surface area contributed by atoms with Gasteiger partial charge in [-0.05, 0) is 37.9 Å². The Balaban J connectivity index is 2.14. The molecule has 1 aromatic carbocycles. The number of hydrogen-bond donors (Lipinski definition) is 1. The van der Waals surface area contributed by atoms with Gasteiger partial charge in [0.1, 0.15) is 0 Å². The number of benzene rings is 1. The molecule has 1 nitrogen and oxygen atoms in total. The van der Waals surface area contributed by atoms with E-state index in [0.717, 1.165) is 6.42 Å². The molecule has 1 N–H and O–H groups in total. The van der Waals surface area contributed by atoms with E-state index in [1.807, 2.05) is 0 Å². The first-order valence-corrected chi connectivity index (χ1v) is 5.47. The van der Waals surface area contributed by atoms with Crippen molar-refractivity contribution in [3.63, 3.8) is 0 Å². The van der Waals surface area contributed by atoms with Gasteiger partial charge in [-0.2, -0.15) is 0 Å². The quantitative estimate of drug-likeness (QED) is 0.856. The molecule has 1 aromatic rings. The van der Waals surface area contributed by atoms with Gasteiger partial charge in [-0.3, -0.25) is 0 Å². The Morgan fingerprint density at radius 2 is 2.08 bits per heavy atom. The van der Waals surface area contributed by atoms with Crippen molar-refractivity contribution in [3.05, 3.63) is 34.3 Å². The molecule has 0 aromatic heterocycles. The molecule has 2 rings (SSSR count). The maximum atomic E-state index is 3.58. The molecule has 1 aliphatic rings. The van der Waals surface area contributed by atoms with Crippen molar-refractivity contribution in [1.82, 2.24) is 5.32 Å². The van der Waals surface area contributed by atoms with Gasteiger partial charge in [-0.1, -0.05) is 34.1 Å². The van der Waals surface area contributed by atoms with Crippen molar-refractivity contribution in [2.45, 2.75) is 24.8 Å². The van der Waals surface area contributed by atoms with Gasteiger partial charge in [0.25, 0.3) is 0 Å². The molecule has 2 heteroatoms. The van der Waals surface area contributed by atoms with Gasteiger partial charge in [-0.15, -0.1) is 0 Å². The highest BCUT2D eigenvalue weighted by Gasteiger charge is 2.40. The van der Waals surface area contributed by atoms with E-state index >= 15 is 0 Å². The van der Waals surface area contributed by atoms with E-state index in [1.165, 1.54) is 22.9 Å². The summed E-state index contributed by atoms with van der Waals surface area (Å²) in [6.45, 7) is 0. The highest BCUT2D eigenvalue weighted by Crippen LogP contribution is 2.39. The minimum Gasteiger partial charge on any atom is -0.314 e. The molecule has 0 bridgehead atoms. The second-order valence-corrected chi connectivity index (χ2v) is 4.65. The lowest BCUT2D eigenvalue weighted by molar-refractivity contribution is 0.548. The fourth-order valence-corrected chi connectivity index (χ4v) is 2.10. The number of likely N-dealkylation sites (N-methyl/N-ethyl adjacent to an activating group) is 1. The van der Waals surface area contributed by atoms with Crippen LogP contribution < -0.4 is 5.32 Å². The second kappa shape index (κ2) is 3.43. The Hall–Kier alpha value is -0.340. The van der Waals surface area contributed by atoms with E-state index in [0.29, 0.717) is 5.54 Å². The van der Waals surface area contributed by atoms with Crippen LogP contribution in [0.25, 0.3) is 0 Å². The number of halogens is 1. The first kappa shape index (κ1) is 9.22. The van der Waals surface area contributed by atoms with Crippen LogP contribution in [-0.2, 0) is 6.42 Å². The largest absolute Gasteiger partial charge is 0.314 e. The summed E-state index contributed by atoms with van der Waals surface area (Å²) < 4.78 is 1.23. The van der Waals surface area contributed by atoms with E-state index < -0.39 is 0 Å². The summed E-state index contributed by atoms with van der Waals surface area (Å²) in [7, 11) is 2.06. The average Bonchev–Trinajstić information content (AvgIpc) is 2.90. The summed E-state index contributed by atoms with van der Waals surface area (Å²) in [6, 6.07) is 8.47. The molecule has 0 amide bonds. The van der Waals surface area contributed by atoms with Crippen molar-refractivity contribution < 1.29 is 0 Å². The Labute approximate surface area is 87.7 Å². The van der Waals surface area contributed by atoms with Crippen molar-refractivity contribution in [3.8, 4) is 0 Å². The van der Waals surface area contributed by atoms with E-state index in [4.69, 9.17) is 0 Å². The van der Waals surface area contributed by atoms with E-state index in [1.54, 1.807) is 0 Å². The lowest BCUT2D eigenvalue weighted by atomic mass is 10.0. The monoisotopic (exact) mass is 239 g/mol. The van der Waals surface area contributed by atoms with Crippen molar-refractivity contribution >= 4 is 15.9 Å².